The Morgan fingerprint density at radius 2 is 1.74 bits per heavy atom. The predicted octanol–water partition coefficient (Wildman–Crippen LogP) is 5.51. The van der Waals surface area contributed by atoms with Gasteiger partial charge in [-0.2, -0.15) is 18.3 Å². The molecular formula is C23H17F3N4O. The Bertz CT molecular complexity index is 1230. The smallest absolute Gasteiger partial charge is 0.364 e. The van der Waals surface area contributed by atoms with Crippen molar-refractivity contribution >= 4 is 28.2 Å². The fourth-order valence-corrected chi connectivity index (χ4v) is 3.12. The molecule has 3 aromatic carbocycles. The van der Waals surface area contributed by atoms with Gasteiger partial charge in [-0.1, -0.05) is 36.4 Å². The lowest BCUT2D eigenvalue weighted by molar-refractivity contribution is -0.137. The van der Waals surface area contributed by atoms with Gasteiger partial charge in [-0.25, -0.2) is 0 Å². The average Bonchev–Trinajstić information content (AvgIpc) is 2.77. The largest absolute Gasteiger partial charge is 0.416 e. The Hall–Kier alpha value is -3.94. The maximum Gasteiger partial charge on any atom is 0.416 e. The normalized spacial score (nSPS) is 11.3. The van der Waals surface area contributed by atoms with E-state index in [0.717, 1.165) is 23.1 Å². The molecule has 1 heterocycles. The number of nitrogens with one attached hydrogen (secondary N) is 2. The highest BCUT2D eigenvalue weighted by Gasteiger charge is 2.30. The van der Waals surface area contributed by atoms with Crippen molar-refractivity contribution in [3.63, 3.8) is 0 Å². The molecule has 1 amide bonds. The van der Waals surface area contributed by atoms with Crippen LogP contribution in [0.3, 0.4) is 0 Å². The second-order valence-corrected chi connectivity index (χ2v) is 6.87. The van der Waals surface area contributed by atoms with Gasteiger partial charge in [0, 0.05) is 28.6 Å². The number of carbonyl (C=O) groups is 1. The van der Waals surface area contributed by atoms with Crippen LogP contribution in [0.2, 0.25) is 0 Å². The minimum atomic E-state index is -4.48. The molecule has 31 heavy (non-hydrogen) atoms. The van der Waals surface area contributed by atoms with Crippen LogP contribution in [0.15, 0.2) is 79.0 Å². The van der Waals surface area contributed by atoms with E-state index >= 15 is 0 Å². The number of amides is 1. The van der Waals surface area contributed by atoms with Crippen molar-refractivity contribution in [3.05, 3.63) is 95.7 Å². The third-order valence-electron chi connectivity index (χ3n) is 4.67. The molecule has 2 N–H and O–H groups in total. The van der Waals surface area contributed by atoms with Gasteiger partial charge in [0.15, 0.2) is 5.82 Å². The molecule has 1 aromatic heterocycles. The molecule has 0 aliphatic heterocycles. The molecule has 156 valence electrons. The third kappa shape index (κ3) is 4.80. The van der Waals surface area contributed by atoms with Gasteiger partial charge >= 0.3 is 6.18 Å². The zero-order chi connectivity index (χ0) is 21.8. The second-order valence-electron chi connectivity index (χ2n) is 6.87. The summed E-state index contributed by atoms with van der Waals surface area (Å²) < 4.78 is 38.6. The molecule has 0 atom stereocenters. The summed E-state index contributed by atoms with van der Waals surface area (Å²) in [5.74, 6) is 0.0584. The number of hydrogen-bond donors (Lipinski definition) is 2. The van der Waals surface area contributed by atoms with Crippen molar-refractivity contribution in [2.45, 2.75) is 12.7 Å². The fraction of sp³-hybridized carbons (Fsp3) is 0.0870. The Kier molecular flexibility index (Phi) is 5.53. The zero-order valence-electron chi connectivity index (χ0n) is 16.1. The van der Waals surface area contributed by atoms with Gasteiger partial charge < -0.3 is 10.6 Å². The summed E-state index contributed by atoms with van der Waals surface area (Å²) in [6.07, 6.45) is -2.95. The number of alkyl halides is 3. The van der Waals surface area contributed by atoms with Crippen LogP contribution in [0.4, 0.5) is 24.7 Å². The summed E-state index contributed by atoms with van der Waals surface area (Å²) in [5, 5.41) is 15.3. The van der Waals surface area contributed by atoms with Gasteiger partial charge in [-0.15, -0.1) is 5.10 Å². The number of halogens is 3. The van der Waals surface area contributed by atoms with Crippen LogP contribution in [0, 0.1) is 0 Å². The standard InChI is InChI=1S/C23H17F3N4O/c24-23(25,26)18-7-4-8-19(12-18)29-22(31)16-9-10-20-17(11-16)14-28-30-21(20)27-13-15-5-2-1-3-6-15/h1-12,14H,13H2,(H,27,30)(H,29,31). The highest BCUT2D eigenvalue weighted by Crippen LogP contribution is 2.31. The van der Waals surface area contributed by atoms with E-state index in [1.807, 2.05) is 30.3 Å². The molecule has 8 heteroatoms. The molecule has 0 fully saturated rings. The Balaban J connectivity index is 1.53. The van der Waals surface area contributed by atoms with Crippen molar-refractivity contribution in [1.82, 2.24) is 10.2 Å². The van der Waals surface area contributed by atoms with Crippen molar-refractivity contribution in [2.75, 3.05) is 10.6 Å². The summed E-state index contributed by atoms with van der Waals surface area (Å²) in [4.78, 5) is 12.6. The van der Waals surface area contributed by atoms with Gasteiger partial charge in [0.2, 0.25) is 0 Å². The molecule has 0 spiro atoms. The van der Waals surface area contributed by atoms with Gasteiger partial charge in [0.25, 0.3) is 5.91 Å². The van der Waals surface area contributed by atoms with Gasteiger partial charge in [0.05, 0.1) is 11.8 Å². The van der Waals surface area contributed by atoms with Crippen molar-refractivity contribution < 1.29 is 18.0 Å². The number of anilines is 2. The lowest BCUT2D eigenvalue weighted by atomic mass is 10.1. The molecular weight excluding hydrogens is 405 g/mol. The predicted molar refractivity (Wildman–Crippen MR) is 113 cm³/mol. The quantitative estimate of drug-likeness (QED) is 0.445. The van der Waals surface area contributed by atoms with Crippen LogP contribution < -0.4 is 10.6 Å². The van der Waals surface area contributed by atoms with Crippen LogP contribution in [-0.2, 0) is 12.7 Å². The van der Waals surface area contributed by atoms with Crippen LogP contribution in [0.25, 0.3) is 10.8 Å². The van der Waals surface area contributed by atoms with E-state index in [9.17, 15) is 18.0 Å². The summed E-state index contributed by atoms with van der Waals surface area (Å²) in [7, 11) is 0. The van der Waals surface area contributed by atoms with E-state index in [1.165, 1.54) is 18.3 Å². The number of carbonyl (C=O) groups excluding carboxylic acids is 1. The molecule has 0 aliphatic carbocycles. The molecule has 0 saturated heterocycles. The van der Waals surface area contributed by atoms with E-state index in [1.54, 1.807) is 18.2 Å². The summed E-state index contributed by atoms with van der Waals surface area (Å²) >= 11 is 0. The first kappa shape index (κ1) is 20.3. The number of aromatic nitrogens is 2. The number of hydrogen-bond acceptors (Lipinski definition) is 4. The lowest BCUT2D eigenvalue weighted by Gasteiger charge is -2.11. The number of nitrogens with zero attached hydrogens (tertiary/aromatic N) is 2. The first-order valence-electron chi connectivity index (χ1n) is 9.42. The van der Waals surface area contributed by atoms with Crippen molar-refractivity contribution in [2.24, 2.45) is 0 Å². The van der Waals surface area contributed by atoms with Crippen molar-refractivity contribution in [1.29, 1.82) is 0 Å². The number of fused-ring (bicyclic) bond motifs is 1. The molecule has 0 aliphatic rings. The highest BCUT2D eigenvalue weighted by molar-refractivity contribution is 6.07. The maximum absolute atomic E-state index is 12.9. The summed E-state index contributed by atoms with van der Waals surface area (Å²) in [6, 6.07) is 19.3. The second kappa shape index (κ2) is 8.43. The Morgan fingerprint density at radius 1 is 0.935 bits per heavy atom. The fourth-order valence-electron chi connectivity index (χ4n) is 3.12. The van der Waals surface area contributed by atoms with Crippen molar-refractivity contribution in [3.8, 4) is 0 Å². The lowest BCUT2D eigenvalue weighted by Crippen LogP contribution is -2.13. The zero-order valence-corrected chi connectivity index (χ0v) is 16.1. The van der Waals surface area contributed by atoms with Crippen LogP contribution in [0.5, 0.6) is 0 Å². The number of rotatable bonds is 5. The first-order chi connectivity index (χ1) is 14.9. The monoisotopic (exact) mass is 422 g/mol. The van der Waals surface area contributed by atoms with E-state index in [-0.39, 0.29) is 5.69 Å². The van der Waals surface area contributed by atoms with E-state index in [4.69, 9.17) is 0 Å². The highest BCUT2D eigenvalue weighted by atomic mass is 19.4. The Labute approximate surface area is 175 Å². The number of benzene rings is 3. The average molecular weight is 422 g/mol. The molecule has 4 aromatic rings. The van der Waals surface area contributed by atoms with E-state index in [0.29, 0.717) is 23.3 Å². The van der Waals surface area contributed by atoms with Gasteiger partial charge in [-0.3, -0.25) is 4.79 Å². The molecule has 0 radical (unpaired) electrons. The van der Waals surface area contributed by atoms with Gasteiger partial charge in [-0.05, 0) is 42.0 Å². The minimum absolute atomic E-state index is 0.0676. The SMILES string of the molecule is O=C(Nc1cccc(C(F)(F)F)c1)c1ccc2c(NCc3ccccc3)nncc2c1. The summed E-state index contributed by atoms with van der Waals surface area (Å²) in [5.41, 5.74) is 0.622. The van der Waals surface area contributed by atoms with Crippen LogP contribution in [0.1, 0.15) is 21.5 Å². The third-order valence-corrected chi connectivity index (χ3v) is 4.67. The topological polar surface area (TPSA) is 66.9 Å². The maximum atomic E-state index is 12.9. The molecule has 0 saturated carbocycles. The Morgan fingerprint density at radius 3 is 2.52 bits per heavy atom. The van der Waals surface area contributed by atoms with Crippen LogP contribution in [-0.4, -0.2) is 16.1 Å². The van der Waals surface area contributed by atoms with Gasteiger partial charge in [0.1, 0.15) is 0 Å². The van der Waals surface area contributed by atoms with E-state index in [2.05, 4.69) is 20.8 Å². The first-order valence-corrected chi connectivity index (χ1v) is 9.42. The molecule has 4 rings (SSSR count). The summed E-state index contributed by atoms with van der Waals surface area (Å²) in [6.45, 7) is 0.562. The molecule has 5 nitrogen and oxygen atoms in total. The van der Waals surface area contributed by atoms with Crippen LogP contribution >= 0.6 is 0 Å². The molecule has 0 bridgehead atoms. The molecule has 0 unspecified atom stereocenters. The minimum Gasteiger partial charge on any atom is -0.364 e. The van der Waals surface area contributed by atoms with E-state index < -0.39 is 17.6 Å².